The molecule has 6 rings (SSSR count). The molecule has 0 bridgehead atoms. The van der Waals surface area contributed by atoms with Gasteiger partial charge in [0.15, 0.2) is 6.29 Å². The molecule has 5 aliphatic rings. The number of ether oxygens (including phenoxy) is 3. The maximum Gasteiger partial charge on any atom is 0.335 e. The van der Waals surface area contributed by atoms with Crippen LogP contribution in [0.1, 0.15) is 83.1 Å². The molecule has 4 saturated carbocycles. The van der Waals surface area contributed by atoms with Gasteiger partial charge in [0.1, 0.15) is 24.4 Å². The number of methoxy groups -OCH3 is 1. The largest absolute Gasteiger partial charge is 0.431 e. The van der Waals surface area contributed by atoms with Crippen LogP contribution >= 0.6 is 0 Å². The highest BCUT2D eigenvalue weighted by Gasteiger charge is 2.70. The molecule has 5 fully saturated rings. The molecule has 2 heterocycles. The predicted molar refractivity (Wildman–Crippen MR) is 146 cm³/mol. The van der Waals surface area contributed by atoms with Gasteiger partial charge < -0.3 is 44.2 Å². The fourth-order valence-electron chi connectivity index (χ4n) is 10.2. The Morgan fingerprint density at radius 2 is 1.66 bits per heavy atom. The van der Waals surface area contributed by atoms with E-state index in [9.17, 15) is 30.3 Å². The maximum atomic E-state index is 12.3. The maximum absolute atomic E-state index is 12.3. The smallest absolute Gasteiger partial charge is 0.335 e. The van der Waals surface area contributed by atoms with Gasteiger partial charge in [-0.1, -0.05) is 13.8 Å². The number of aliphatic hydroxyl groups excluding tert-OH is 4. The second-order valence-corrected chi connectivity index (χ2v) is 13.9. The molecule has 0 spiro atoms. The lowest BCUT2D eigenvalue weighted by molar-refractivity contribution is -0.325. The molecule has 41 heavy (non-hydrogen) atoms. The van der Waals surface area contributed by atoms with E-state index in [4.69, 9.17) is 18.6 Å². The monoisotopic (exact) mass is 578 g/mol. The molecule has 5 N–H and O–H groups in total. The van der Waals surface area contributed by atoms with Crippen LogP contribution in [0.3, 0.4) is 0 Å². The highest BCUT2D eigenvalue weighted by molar-refractivity contribution is 5.28. The first-order valence-corrected chi connectivity index (χ1v) is 15.3. The van der Waals surface area contributed by atoms with Crippen LogP contribution in [0.5, 0.6) is 0 Å². The van der Waals surface area contributed by atoms with Crippen LogP contribution in [0.15, 0.2) is 27.6 Å². The summed E-state index contributed by atoms with van der Waals surface area (Å²) >= 11 is 0. The molecule has 0 aromatic carbocycles. The van der Waals surface area contributed by atoms with Crippen molar-refractivity contribution in [3.8, 4) is 0 Å². The normalized spacial score (nSPS) is 51.5. The Balaban J connectivity index is 1.22. The first kappa shape index (κ1) is 29.7. The van der Waals surface area contributed by atoms with Crippen LogP contribution in [0.4, 0.5) is 0 Å². The van der Waals surface area contributed by atoms with Crippen LogP contribution < -0.4 is 5.63 Å². The third-order valence-corrected chi connectivity index (χ3v) is 12.6. The van der Waals surface area contributed by atoms with E-state index in [0.717, 1.165) is 44.1 Å². The van der Waals surface area contributed by atoms with Gasteiger partial charge in [-0.15, -0.1) is 0 Å². The summed E-state index contributed by atoms with van der Waals surface area (Å²) in [5.41, 5.74) is -1.09. The first-order chi connectivity index (χ1) is 19.4. The average Bonchev–Trinajstić information content (AvgIpc) is 3.27. The van der Waals surface area contributed by atoms with Crippen molar-refractivity contribution in [1.82, 2.24) is 0 Å². The topological polar surface area (TPSA) is 159 Å². The third kappa shape index (κ3) is 4.23. The fraction of sp³-hybridized carbons (Fsp3) is 0.839. The second-order valence-electron chi connectivity index (χ2n) is 13.9. The summed E-state index contributed by atoms with van der Waals surface area (Å²) in [4.78, 5) is 11.6. The van der Waals surface area contributed by atoms with E-state index in [1.165, 1.54) is 6.07 Å². The minimum atomic E-state index is -1.50. The molecule has 0 amide bonds. The van der Waals surface area contributed by atoms with Crippen molar-refractivity contribution in [3.63, 3.8) is 0 Å². The lowest BCUT2D eigenvalue weighted by Gasteiger charge is -2.67. The summed E-state index contributed by atoms with van der Waals surface area (Å²) in [6.07, 6.45) is 1.56. The van der Waals surface area contributed by atoms with Crippen LogP contribution in [-0.2, 0) is 14.2 Å². The molecule has 13 atom stereocenters. The van der Waals surface area contributed by atoms with Crippen molar-refractivity contribution in [2.75, 3.05) is 13.7 Å². The van der Waals surface area contributed by atoms with Gasteiger partial charge in [-0.3, -0.25) is 0 Å². The summed E-state index contributed by atoms with van der Waals surface area (Å²) in [5.74, 6) is 0.763. The zero-order valence-corrected chi connectivity index (χ0v) is 24.3. The molecule has 1 aromatic heterocycles. The molecule has 230 valence electrons. The lowest BCUT2D eigenvalue weighted by atomic mass is 9.42. The fourth-order valence-corrected chi connectivity index (χ4v) is 10.2. The molecule has 1 saturated heterocycles. The van der Waals surface area contributed by atoms with Crippen molar-refractivity contribution in [1.29, 1.82) is 0 Å². The average molecular weight is 579 g/mol. The molecular formula is C31H46O10. The van der Waals surface area contributed by atoms with Gasteiger partial charge in [0.2, 0.25) is 0 Å². The van der Waals surface area contributed by atoms with Crippen molar-refractivity contribution in [2.45, 2.75) is 126 Å². The number of rotatable bonds is 5. The molecule has 10 heteroatoms. The summed E-state index contributed by atoms with van der Waals surface area (Å²) in [6.45, 7) is 4.04. The van der Waals surface area contributed by atoms with E-state index in [0.29, 0.717) is 19.3 Å². The van der Waals surface area contributed by atoms with E-state index in [1.807, 2.05) is 13.2 Å². The molecule has 1 aromatic rings. The van der Waals surface area contributed by atoms with Crippen LogP contribution in [0.2, 0.25) is 0 Å². The highest BCUT2D eigenvalue weighted by atomic mass is 16.7. The number of fused-ring (bicyclic) bond motifs is 5. The highest BCUT2D eigenvalue weighted by Crippen LogP contribution is 2.72. The van der Waals surface area contributed by atoms with Gasteiger partial charge in [-0.2, -0.15) is 0 Å². The van der Waals surface area contributed by atoms with Crippen molar-refractivity contribution in [2.24, 2.45) is 22.7 Å². The zero-order chi connectivity index (χ0) is 29.4. The Bertz CT molecular complexity index is 1150. The molecule has 10 nitrogen and oxygen atoms in total. The van der Waals surface area contributed by atoms with Gasteiger partial charge in [-0.25, -0.2) is 4.79 Å². The standard InChI is InChI=1S/C31H46O10/c1-28-10-6-18(40-27-26(36)25(35)24(34)22(15-32)41-27)14-30(28,37)12-8-21-20(28)7-11-29(2)19(9-13-31(21,29)38-3)17-4-5-23(33)39-16-17/h4-5,16,18-22,24-27,32,34-37H,6-15H2,1-3H3/t18-,19+,20-,21+,22+,24+,25-,26+,27?,28+,29+,30?,31-/m0/s1. The molecule has 0 radical (unpaired) electrons. The van der Waals surface area contributed by atoms with Crippen molar-refractivity contribution >= 4 is 0 Å². The van der Waals surface area contributed by atoms with E-state index < -0.39 is 49.0 Å². The van der Waals surface area contributed by atoms with Gasteiger partial charge in [0.25, 0.3) is 0 Å². The zero-order valence-electron chi connectivity index (χ0n) is 24.3. The number of aliphatic hydroxyl groups is 5. The first-order valence-electron chi connectivity index (χ1n) is 15.3. The van der Waals surface area contributed by atoms with Gasteiger partial charge >= 0.3 is 5.63 Å². The minimum absolute atomic E-state index is 0.127. The predicted octanol–water partition coefficient (Wildman–Crippen LogP) is 1.84. The van der Waals surface area contributed by atoms with Crippen LogP contribution in [0, 0.1) is 22.7 Å². The Hall–Kier alpha value is -1.37. The molecule has 1 aliphatic heterocycles. The van der Waals surface area contributed by atoms with Gasteiger partial charge in [0, 0.05) is 25.0 Å². The van der Waals surface area contributed by atoms with Gasteiger partial charge in [-0.05, 0) is 86.2 Å². The van der Waals surface area contributed by atoms with E-state index in [-0.39, 0.29) is 39.8 Å². The Labute approximate surface area is 240 Å². The second kappa shape index (κ2) is 10.4. The minimum Gasteiger partial charge on any atom is -0.431 e. The Morgan fingerprint density at radius 1 is 0.927 bits per heavy atom. The van der Waals surface area contributed by atoms with Crippen LogP contribution in [0.25, 0.3) is 0 Å². The molecule has 4 aliphatic carbocycles. The van der Waals surface area contributed by atoms with Crippen molar-refractivity contribution < 1.29 is 44.2 Å². The third-order valence-electron chi connectivity index (χ3n) is 12.6. The SMILES string of the molecule is CO[C@]12CC[C@H](c3ccc(=O)oc3)[C@@]1(C)CC[C@H]1[C@H]2CCC2(O)C[C@@H](OC3O[C@H](CO)[C@@H](O)[C@H](O)[C@H]3O)CC[C@]12C. The lowest BCUT2D eigenvalue weighted by Crippen LogP contribution is -2.68. The summed E-state index contributed by atoms with van der Waals surface area (Å²) in [5, 5.41) is 52.6. The number of hydrogen-bond acceptors (Lipinski definition) is 10. The number of hydrogen-bond donors (Lipinski definition) is 5. The van der Waals surface area contributed by atoms with E-state index >= 15 is 0 Å². The Morgan fingerprint density at radius 3 is 2.34 bits per heavy atom. The molecule has 2 unspecified atom stereocenters. The summed E-state index contributed by atoms with van der Waals surface area (Å²) in [7, 11) is 1.84. The van der Waals surface area contributed by atoms with E-state index in [1.54, 1.807) is 6.26 Å². The van der Waals surface area contributed by atoms with Gasteiger partial charge in [0.05, 0.1) is 30.2 Å². The quantitative estimate of drug-likeness (QED) is 0.326. The van der Waals surface area contributed by atoms with E-state index in [2.05, 4.69) is 13.8 Å². The summed E-state index contributed by atoms with van der Waals surface area (Å²) in [6, 6.07) is 3.40. The molecular weight excluding hydrogens is 532 g/mol. The van der Waals surface area contributed by atoms with Crippen LogP contribution in [-0.4, -0.2) is 87.3 Å². The summed E-state index contributed by atoms with van der Waals surface area (Å²) < 4.78 is 23.5. The Kier molecular flexibility index (Phi) is 7.51. The van der Waals surface area contributed by atoms with Crippen molar-refractivity contribution in [3.05, 3.63) is 34.4 Å².